The molecule has 0 saturated heterocycles. The molecule has 0 amide bonds. The van der Waals surface area contributed by atoms with E-state index < -0.39 is 0 Å². The minimum atomic E-state index is -0.0371. The third-order valence-corrected chi connectivity index (χ3v) is 2.15. The van der Waals surface area contributed by atoms with Crippen molar-refractivity contribution in [3.05, 3.63) is 23.3 Å². The van der Waals surface area contributed by atoms with E-state index in [0.29, 0.717) is 5.56 Å². The lowest BCUT2D eigenvalue weighted by Gasteiger charge is -2.20. The molecule has 0 aliphatic rings. The maximum Gasteiger partial charge on any atom is 0.160 e. The van der Waals surface area contributed by atoms with Crippen LogP contribution in [-0.4, -0.2) is 10.2 Å². The molecule has 0 aliphatic carbocycles. The van der Waals surface area contributed by atoms with Crippen molar-refractivity contribution in [3.8, 4) is 11.5 Å². The zero-order valence-corrected chi connectivity index (χ0v) is 10.5. The molecule has 0 radical (unpaired) electrons. The molecule has 0 heterocycles. The van der Waals surface area contributed by atoms with E-state index in [1.165, 1.54) is 0 Å². The van der Waals surface area contributed by atoms with Crippen LogP contribution in [0.25, 0.3) is 0 Å². The molecular weight excluding hydrogens is 188 g/mol. The van der Waals surface area contributed by atoms with Crippen LogP contribution < -0.4 is 0 Å². The molecule has 0 spiro atoms. The third kappa shape index (κ3) is 3.46. The first-order valence-corrected chi connectivity index (χ1v) is 5.35. The molecule has 0 atom stereocenters. The number of phenolic OH excluding ortho intramolecular Hbond substituents is 2. The fourth-order valence-electron chi connectivity index (χ4n) is 1.19. The predicted molar refractivity (Wildman–Crippen MR) is 64.6 cm³/mol. The van der Waals surface area contributed by atoms with Gasteiger partial charge in [0.25, 0.3) is 0 Å². The predicted octanol–water partition coefficient (Wildman–Crippen LogP) is 3.73. The lowest BCUT2D eigenvalue weighted by molar-refractivity contribution is 0.398. The van der Waals surface area contributed by atoms with E-state index in [1.54, 1.807) is 13.0 Å². The Hall–Kier alpha value is -1.18. The summed E-state index contributed by atoms with van der Waals surface area (Å²) in [4.78, 5) is 0. The molecule has 1 rings (SSSR count). The van der Waals surface area contributed by atoms with Gasteiger partial charge in [-0.2, -0.15) is 0 Å². The maximum absolute atomic E-state index is 9.39. The van der Waals surface area contributed by atoms with Crippen LogP contribution in [0.5, 0.6) is 11.5 Å². The van der Waals surface area contributed by atoms with Gasteiger partial charge in [0.2, 0.25) is 0 Å². The van der Waals surface area contributed by atoms with Gasteiger partial charge in [-0.25, -0.2) is 0 Å². The quantitative estimate of drug-likeness (QED) is 0.640. The average molecular weight is 210 g/mol. The molecule has 2 N–H and O–H groups in total. The van der Waals surface area contributed by atoms with Crippen molar-refractivity contribution in [3.63, 3.8) is 0 Å². The van der Waals surface area contributed by atoms with E-state index in [4.69, 9.17) is 0 Å². The Morgan fingerprint density at radius 2 is 1.47 bits per heavy atom. The van der Waals surface area contributed by atoms with Crippen LogP contribution >= 0.6 is 0 Å². The lowest BCUT2D eigenvalue weighted by atomic mass is 9.86. The number of phenols is 2. The van der Waals surface area contributed by atoms with Crippen LogP contribution in [0.3, 0.4) is 0 Å². The van der Waals surface area contributed by atoms with Gasteiger partial charge >= 0.3 is 0 Å². The summed E-state index contributed by atoms with van der Waals surface area (Å²) in [5, 5.41) is 18.7. The van der Waals surface area contributed by atoms with Crippen LogP contribution in [0.1, 0.15) is 45.7 Å². The molecule has 0 aromatic heterocycles. The molecule has 1 aromatic rings. The van der Waals surface area contributed by atoms with Gasteiger partial charge in [-0.15, -0.1) is 0 Å². The SMILES string of the molecule is CC.Cc1cc(C(C)(C)C)cc(O)c1O. The van der Waals surface area contributed by atoms with Crippen LogP contribution in [0.2, 0.25) is 0 Å². The standard InChI is InChI=1S/C11H16O2.C2H6/c1-7-5-8(11(2,3)4)6-9(12)10(7)13;1-2/h5-6,12-13H,1-4H3;1-2H3. The van der Waals surface area contributed by atoms with Gasteiger partial charge in [-0.05, 0) is 29.5 Å². The summed E-state index contributed by atoms with van der Waals surface area (Å²) < 4.78 is 0. The Morgan fingerprint density at radius 3 is 1.80 bits per heavy atom. The molecule has 0 bridgehead atoms. The normalized spacial score (nSPS) is 10.5. The van der Waals surface area contributed by atoms with Crippen molar-refractivity contribution < 1.29 is 10.2 Å². The minimum absolute atomic E-state index is 0.00403. The van der Waals surface area contributed by atoms with E-state index in [2.05, 4.69) is 20.8 Å². The van der Waals surface area contributed by atoms with Gasteiger partial charge in [0.15, 0.2) is 11.5 Å². The highest BCUT2D eigenvalue weighted by Gasteiger charge is 2.16. The van der Waals surface area contributed by atoms with Gasteiger partial charge in [0.1, 0.15) is 0 Å². The summed E-state index contributed by atoms with van der Waals surface area (Å²) in [6, 6.07) is 3.51. The number of hydrogen-bond acceptors (Lipinski definition) is 2. The van der Waals surface area contributed by atoms with E-state index in [9.17, 15) is 10.2 Å². The topological polar surface area (TPSA) is 40.5 Å². The summed E-state index contributed by atoms with van der Waals surface area (Å²) in [7, 11) is 0. The fraction of sp³-hybridized carbons (Fsp3) is 0.538. The second-order valence-electron chi connectivity index (χ2n) is 4.41. The van der Waals surface area contributed by atoms with E-state index in [0.717, 1.165) is 5.56 Å². The molecule has 15 heavy (non-hydrogen) atoms. The smallest absolute Gasteiger partial charge is 0.160 e. The summed E-state index contributed by atoms with van der Waals surface area (Å²) in [5.41, 5.74) is 1.74. The second kappa shape index (κ2) is 5.06. The molecule has 86 valence electrons. The molecule has 0 saturated carbocycles. The first-order valence-electron chi connectivity index (χ1n) is 5.35. The van der Waals surface area contributed by atoms with Crippen LogP contribution in [0.15, 0.2) is 12.1 Å². The van der Waals surface area contributed by atoms with E-state index >= 15 is 0 Å². The van der Waals surface area contributed by atoms with Crippen molar-refractivity contribution in [1.82, 2.24) is 0 Å². The summed E-state index contributed by atoms with van der Waals surface area (Å²) >= 11 is 0. The first-order chi connectivity index (χ1) is 6.82. The Morgan fingerprint density at radius 1 is 1.00 bits per heavy atom. The van der Waals surface area contributed by atoms with Crippen LogP contribution in [0, 0.1) is 6.92 Å². The highest BCUT2D eigenvalue weighted by molar-refractivity contribution is 5.48. The Bertz CT molecular complexity index is 299. The zero-order valence-electron chi connectivity index (χ0n) is 10.5. The molecule has 2 heteroatoms. The monoisotopic (exact) mass is 210 g/mol. The van der Waals surface area contributed by atoms with Crippen LogP contribution in [0.4, 0.5) is 0 Å². The Labute approximate surface area is 92.6 Å². The van der Waals surface area contributed by atoms with E-state index in [-0.39, 0.29) is 16.9 Å². The Kier molecular flexibility index (Phi) is 4.66. The number of benzene rings is 1. The Balaban J connectivity index is 0.000000921. The summed E-state index contributed by atoms with van der Waals surface area (Å²) in [6.45, 7) is 12.0. The highest BCUT2D eigenvalue weighted by Crippen LogP contribution is 2.34. The number of aromatic hydroxyl groups is 2. The number of hydrogen-bond donors (Lipinski definition) is 2. The first kappa shape index (κ1) is 13.8. The van der Waals surface area contributed by atoms with Crippen molar-refractivity contribution in [2.24, 2.45) is 0 Å². The molecule has 0 fully saturated rings. The van der Waals surface area contributed by atoms with Crippen molar-refractivity contribution in [2.45, 2.75) is 47.0 Å². The van der Waals surface area contributed by atoms with Gasteiger partial charge in [0, 0.05) is 0 Å². The van der Waals surface area contributed by atoms with E-state index in [1.807, 2.05) is 19.9 Å². The van der Waals surface area contributed by atoms with Gasteiger partial charge in [0.05, 0.1) is 0 Å². The summed E-state index contributed by atoms with van der Waals surface area (Å²) in [5.74, 6) is -0.0575. The molecule has 0 aliphatic heterocycles. The van der Waals surface area contributed by atoms with Crippen molar-refractivity contribution >= 4 is 0 Å². The van der Waals surface area contributed by atoms with Crippen molar-refractivity contribution in [2.75, 3.05) is 0 Å². The second-order valence-corrected chi connectivity index (χ2v) is 4.41. The number of aryl methyl sites for hydroxylation is 1. The largest absolute Gasteiger partial charge is 0.504 e. The maximum atomic E-state index is 9.39. The highest BCUT2D eigenvalue weighted by atomic mass is 16.3. The average Bonchev–Trinajstić information content (AvgIpc) is 2.15. The van der Waals surface area contributed by atoms with Crippen molar-refractivity contribution in [1.29, 1.82) is 0 Å². The fourth-order valence-corrected chi connectivity index (χ4v) is 1.19. The molecule has 2 nitrogen and oxygen atoms in total. The third-order valence-electron chi connectivity index (χ3n) is 2.15. The minimum Gasteiger partial charge on any atom is -0.504 e. The lowest BCUT2D eigenvalue weighted by Crippen LogP contribution is -2.10. The summed E-state index contributed by atoms with van der Waals surface area (Å²) in [6.07, 6.45) is 0. The van der Waals surface area contributed by atoms with Gasteiger partial charge in [-0.3, -0.25) is 0 Å². The molecule has 0 unspecified atom stereocenters. The van der Waals surface area contributed by atoms with Gasteiger partial charge < -0.3 is 10.2 Å². The van der Waals surface area contributed by atoms with Gasteiger partial charge in [-0.1, -0.05) is 40.7 Å². The molecule has 1 aromatic carbocycles. The van der Waals surface area contributed by atoms with Crippen LogP contribution in [-0.2, 0) is 5.41 Å². The zero-order chi connectivity index (χ0) is 12.2. The number of rotatable bonds is 0. The molecular formula is C13H22O2.